The SMILES string of the molecule is CS(=O)(=O)N1CCC([C@@H](CCN2CCC(CCS(=O)(=O)C3CCN(C(=O)OCc4ccccc4)CC3)CC2)c2cc(F)cc(F)c2)CC1. The van der Waals surface area contributed by atoms with Crippen LogP contribution < -0.4 is 0 Å². The van der Waals surface area contributed by atoms with Gasteiger partial charge in [0.2, 0.25) is 10.0 Å². The molecular formula is C35H49F2N3O6S2. The Bertz CT molecular complexity index is 1550. The summed E-state index contributed by atoms with van der Waals surface area (Å²) in [6.07, 6.45) is 6.06. The zero-order valence-corrected chi connectivity index (χ0v) is 29.4. The molecule has 0 unspecified atom stereocenters. The lowest BCUT2D eigenvalue weighted by molar-refractivity contribution is 0.0897. The maximum absolute atomic E-state index is 14.2. The molecule has 0 radical (unpaired) electrons. The van der Waals surface area contributed by atoms with E-state index in [1.807, 2.05) is 30.3 Å². The van der Waals surface area contributed by atoms with Gasteiger partial charge < -0.3 is 14.5 Å². The minimum Gasteiger partial charge on any atom is -0.445 e. The van der Waals surface area contributed by atoms with Crippen molar-refractivity contribution in [1.82, 2.24) is 14.1 Å². The van der Waals surface area contributed by atoms with Crippen molar-refractivity contribution >= 4 is 26.0 Å². The molecule has 13 heteroatoms. The number of carbonyl (C=O) groups excluding carboxylic acids is 1. The van der Waals surface area contributed by atoms with E-state index in [2.05, 4.69) is 4.90 Å². The highest BCUT2D eigenvalue weighted by atomic mass is 32.2. The van der Waals surface area contributed by atoms with Crippen molar-refractivity contribution in [3.63, 3.8) is 0 Å². The molecule has 2 aromatic carbocycles. The zero-order chi connectivity index (χ0) is 34.3. The van der Waals surface area contributed by atoms with Crippen LogP contribution in [0.25, 0.3) is 0 Å². The fraction of sp³-hybridized carbons (Fsp3) is 0.629. The third-order valence-corrected chi connectivity index (χ3v) is 14.1. The molecule has 0 aromatic heterocycles. The van der Waals surface area contributed by atoms with Gasteiger partial charge >= 0.3 is 6.09 Å². The summed E-state index contributed by atoms with van der Waals surface area (Å²) in [6.45, 7) is 4.18. The number of nitrogens with zero attached hydrogens (tertiary/aromatic N) is 3. The number of carbonyl (C=O) groups is 1. The van der Waals surface area contributed by atoms with E-state index >= 15 is 0 Å². The number of halogens is 2. The second-order valence-corrected chi connectivity index (χ2v) is 18.1. The van der Waals surface area contributed by atoms with E-state index < -0.39 is 42.8 Å². The fourth-order valence-corrected chi connectivity index (χ4v) is 10.4. The van der Waals surface area contributed by atoms with Gasteiger partial charge in [0.25, 0.3) is 0 Å². The van der Waals surface area contributed by atoms with E-state index in [1.165, 1.54) is 22.7 Å². The van der Waals surface area contributed by atoms with E-state index in [-0.39, 0.29) is 24.2 Å². The van der Waals surface area contributed by atoms with Crippen LogP contribution in [0.15, 0.2) is 48.5 Å². The van der Waals surface area contributed by atoms with E-state index in [4.69, 9.17) is 4.74 Å². The molecule has 48 heavy (non-hydrogen) atoms. The van der Waals surface area contributed by atoms with Crippen LogP contribution in [0.4, 0.5) is 13.6 Å². The van der Waals surface area contributed by atoms with Crippen LogP contribution in [-0.2, 0) is 31.2 Å². The number of benzene rings is 2. The first-order chi connectivity index (χ1) is 22.9. The van der Waals surface area contributed by atoms with Crippen LogP contribution in [0.3, 0.4) is 0 Å². The largest absolute Gasteiger partial charge is 0.445 e. The summed E-state index contributed by atoms with van der Waals surface area (Å²) in [5, 5.41) is -0.440. The summed E-state index contributed by atoms with van der Waals surface area (Å²) >= 11 is 0. The normalized spacial score (nSPS) is 20.5. The Morgan fingerprint density at radius 3 is 2.08 bits per heavy atom. The number of hydrogen-bond donors (Lipinski definition) is 0. The predicted octanol–water partition coefficient (Wildman–Crippen LogP) is 5.43. The molecule has 0 N–H and O–H groups in total. The third-order valence-electron chi connectivity index (χ3n) is 10.5. The number of sulfone groups is 1. The molecular weight excluding hydrogens is 661 g/mol. The van der Waals surface area contributed by atoms with E-state index in [0.29, 0.717) is 76.2 Å². The molecule has 0 aliphatic carbocycles. The van der Waals surface area contributed by atoms with Gasteiger partial charge in [-0.25, -0.2) is 34.7 Å². The van der Waals surface area contributed by atoms with Crippen LogP contribution in [0.2, 0.25) is 0 Å². The molecule has 3 fully saturated rings. The number of rotatable bonds is 12. The number of ether oxygens (including phenoxy) is 1. The van der Waals surface area contributed by atoms with Crippen molar-refractivity contribution in [1.29, 1.82) is 0 Å². The number of sulfonamides is 1. The number of piperidine rings is 3. The molecule has 5 rings (SSSR count). The first kappa shape index (κ1) is 36.7. The van der Waals surface area contributed by atoms with Gasteiger partial charge in [0, 0.05) is 32.2 Å². The van der Waals surface area contributed by atoms with Crippen molar-refractivity contribution in [2.45, 2.75) is 69.1 Å². The molecule has 0 saturated carbocycles. The van der Waals surface area contributed by atoms with Gasteiger partial charge in [-0.15, -0.1) is 0 Å². The molecule has 1 amide bonds. The van der Waals surface area contributed by atoms with Crippen molar-refractivity contribution in [3.05, 3.63) is 71.3 Å². The molecule has 266 valence electrons. The van der Waals surface area contributed by atoms with Gasteiger partial charge in [0.1, 0.15) is 18.2 Å². The molecule has 0 bridgehead atoms. The van der Waals surface area contributed by atoms with Crippen LogP contribution in [0.5, 0.6) is 0 Å². The predicted molar refractivity (Wildman–Crippen MR) is 182 cm³/mol. The highest BCUT2D eigenvalue weighted by Gasteiger charge is 2.34. The lowest BCUT2D eigenvalue weighted by Crippen LogP contribution is -2.43. The zero-order valence-electron chi connectivity index (χ0n) is 27.8. The third kappa shape index (κ3) is 10.2. The highest BCUT2D eigenvalue weighted by molar-refractivity contribution is 7.92. The van der Waals surface area contributed by atoms with Crippen molar-refractivity contribution in [2.24, 2.45) is 11.8 Å². The smallest absolute Gasteiger partial charge is 0.410 e. The Morgan fingerprint density at radius 1 is 0.854 bits per heavy atom. The lowest BCUT2D eigenvalue weighted by atomic mass is 9.78. The maximum atomic E-state index is 14.2. The molecule has 3 heterocycles. The molecule has 3 aliphatic rings. The molecule has 3 aliphatic heterocycles. The van der Waals surface area contributed by atoms with Crippen LogP contribution >= 0.6 is 0 Å². The van der Waals surface area contributed by atoms with Crippen LogP contribution in [0.1, 0.15) is 68.4 Å². The van der Waals surface area contributed by atoms with Gasteiger partial charge in [-0.1, -0.05) is 30.3 Å². The van der Waals surface area contributed by atoms with Gasteiger partial charge in [0.05, 0.1) is 17.3 Å². The second-order valence-electron chi connectivity index (χ2n) is 13.8. The Kier molecular flexibility index (Phi) is 12.5. The van der Waals surface area contributed by atoms with E-state index in [0.717, 1.165) is 44.1 Å². The Labute approximate surface area is 284 Å². The average Bonchev–Trinajstić information content (AvgIpc) is 3.07. The number of likely N-dealkylation sites (tertiary alicyclic amines) is 2. The Morgan fingerprint density at radius 2 is 1.48 bits per heavy atom. The molecule has 1 atom stereocenters. The standard InChI is InChI=1S/C35H49F2N3O6S2/c1-47(42,43)40-20-9-29(10-21-40)34(30-23-31(36)25-32(37)24-30)13-17-38-15-7-27(8-16-38)14-22-48(44,45)33-11-18-39(19-12-33)35(41)46-26-28-5-3-2-4-6-28/h2-6,23-25,27,29,33-34H,7-22,26H2,1H3/t34-/m1/s1. The van der Waals surface area contributed by atoms with Gasteiger partial charge in [-0.2, -0.15) is 0 Å². The number of amides is 1. The van der Waals surface area contributed by atoms with E-state index in [9.17, 15) is 30.4 Å². The summed E-state index contributed by atoms with van der Waals surface area (Å²) in [5.41, 5.74) is 1.53. The first-order valence-corrected chi connectivity index (χ1v) is 20.7. The summed E-state index contributed by atoms with van der Waals surface area (Å²) in [6, 6.07) is 13.1. The van der Waals surface area contributed by atoms with Crippen LogP contribution in [-0.4, -0.2) is 100 Å². The lowest BCUT2D eigenvalue weighted by Gasteiger charge is -2.37. The fourth-order valence-electron chi connectivity index (χ4n) is 7.60. The molecule has 0 spiro atoms. The molecule has 2 aromatic rings. The average molecular weight is 710 g/mol. The van der Waals surface area contributed by atoms with Gasteiger partial charge in [-0.3, -0.25) is 0 Å². The monoisotopic (exact) mass is 709 g/mol. The Balaban J connectivity index is 1.05. The van der Waals surface area contributed by atoms with E-state index in [1.54, 1.807) is 4.90 Å². The van der Waals surface area contributed by atoms with Crippen molar-refractivity contribution < 1.29 is 35.1 Å². The minimum atomic E-state index is -3.28. The van der Waals surface area contributed by atoms with Gasteiger partial charge in [0.15, 0.2) is 9.84 Å². The van der Waals surface area contributed by atoms with Crippen molar-refractivity contribution in [2.75, 3.05) is 57.8 Å². The maximum Gasteiger partial charge on any atom is 0.410 e. The summed E-state index contributed by atoms with van der Waals surface area (Å²) in [5.74, 6) is -0.703. The quantitative estimate of drug-likeness (QED) is 0.290. The topological polar surface area (TPSA) is 104 Å². The summed E-state index contributed by atoms with van der Waals surface area (Å²) < 4.78 is 85.8. The molecule has 3 saturated heterocycles. The first-order valence-electron chi connectivity index (χ1n) is 17.2. The van der Waals surface area contributed by atoms with Crippen molar-refractivity contribution in [3.8, 4) is 0 Å². The van der Waals surface area contributed by atoms with Gasteiger partial charge in [-0.05, 0) is 112 Å². The Hall–Kier alpha value is -2.61. The number of hydrogen-bond acceptors (Lipinski definition) is 7. The summed E-state index contributed by atoms with van der Waals surface area (Å²) in [7, 11) is -6.56. The summed E-state index contributed by atoms with van der Waals surface area (Å²) in [4.78, 5) is 16.4. The molecule has 9 nitrogen and oxygen atoms in total. The second kappa shape index (κ2) is 16.4. The minimum absolute atomic E-state index is 0.0862. The van der Waals surface area contributed by atoms with Crippen LogP contribution in [0, 0.1) is 23.5 Å². The highest BCUT2D eigenvalue weighted by Crippen LogP contribution is 2.37.